The standard InChI is InChI=1S/C25H24ClF3N2O7S/c1-35-12-13-36-19-10-9-17(22(15-19)38-23-21(26)14-18(16-30-23)25(27,28)29)6-5-11-37-24(32)31-39(33,34)20-7-3-2-4-8-20/h2-4,7-10,14-16H,5-6,11-13H2,1H3,(H,31,32). The highest BCUT2D eigenvalue weighted by molar-refractivity contribution is 7.90. The number of ether oxygens (including phenoxy) is 4. The maximum atomic E-state index is 13.0. The Morgan fingerprint density at radius 2 is 1.79 bits per heavy atom. The predicted octanol–water partition coefficient (Wildman–Crippen LogP) is 5.62. The first-order valence-electron chi connectivity index (χ1n) is 11.4. The molecule has 0 aliphatic rings. The van der Waals surface area contributed by atoms with E-state index in [0.717, 1.165) is 0 Å². The van der Waals surface area contributed by atoms with Gasteiger partial charge < -0.3 is 18.9 Å². The van der Waals surface area contributed by atoms with Crippen molar-refractivity contribution in [2.45, 2.75) is 23.9 Å². The van der Waals surface area contributed by atoms with Gasteiger partial charge in [-0.2, -0.15) is 13.2 Å². The van der Waals surface area contributed by atoms with Crippen molar-refractivity contribution >= 4 is 27.7 Å². The first-order chi connectivity index (χ1) is 18.5. The van der Waals surface area contributed by atoms with Crippen LogP contribution in [0.2, 0.25) is 5.02 Å². The van der Waals surface area contributed by atoms with Crippen LogP contribution in [0.3, 0.4) is 0 Å². The Kier molecular flexibility index (Phi) is 10.4. The first kappa shape index (κ1) is 30.0. The number of aryl methyl sites for hydroxylation is 1. The number of alkyl halides is 3. The van der Waals surface area contributed by atoms with E-state index in [1.165, 1.54) is 37.4 Å². The van der Waals surface area contributed by atoms with Crippen LogP contribution >= 0.6 is 11.6 Å². The molecule has 1 heterocycles. The van der Waals surface area contributed by atoms with E-state index in [4.69, 9.17) is 30.5 Å². The molecule has 210 valence electrons. The van der Waals surface area contributed by atoms with Gasteiger partial charge in [0.1, 0.15) is 23.1 Å². The Morgan fingerprint density at radius 1 is 1.05 bits per heavy atom. The van der Waals surface area contributed by atoms with Gasteiger partial charge in [-0.05, 0) is 42.7 Å². The number of pyridine rings is 1. The zero-order valence-corrected chi connectivity index (χ0v) is 22.1. The molecule has 0 aliphatic carbocycles. The van der Waals surface area contributed by atoms with E-state index < -0.39 is 27.9 Å². The summed E-state index contributed by atoms with van der Waals surface area (Å²) < 4.78 is 86.4. The van der Waals surface area contributed by atoms with Gasteiger partial charge in [-0.3, -0.25) is 0 Å². The highest BCUT2D eigenvalue weighted by atomic mass is 35.5. The minimum atomic E-state index is -4.62. The summed E-state index contributed by atoms with van der Waals surface area (Å²) in [7, 11) is -2.57. The first-order valence-corrected chi connectivity index (χ1v) is 13.3. The normalized spacial score (nSPS) is 11.6. The predicted molar refractivity (Wildman–Crippen MR) is 135 cm³/mol. The number of methoxy groups -OCH3 is 1. The number of amides is 1. The molecule has 39 heavy (non-hydrogen) atoms. The second-order valence-corrected chi connectivity index (χ2v) is 9.97. The average molecular weight is 589 g/mol. The number of hydrogen-bond acceptors (Lipinski definition) is 8. The molecule has 3 aromatic rings. The topological polar surface area (TPSA) is 113 Å². The molecule has 0 atom stereocenters. The lowest BCUT2D eigenvalue weighted by Gasteiger charge is -2.15. The fourth-order valence-electron chi connectivity index (χ4n) is 3.15. The molecule has 9 nitrogen and oxygen atoms in total. The molecule has 0 radical (unpaired) electrons. The third-order valence-electron chi connectivity index (χ3n) is 5.03. The summed E-state index contributed by atoms with van der Waals surface area (Å²) in [5.41, 5.74) is -0.450. The number of hydrogen-bond donors (Lipinski definition) is 1. The summed E-state index contributed by atoms with van der Waals surface area (Å²) >= 11 is 5.99. The van der Waals surface area contributed by atoms with Crippen LogP contribution in [0, 0.1) is 0 Å². The van der Waals surface area contributed by atoms with Gasteiger partial charge in [0.15, 0.2) is 0 Å². The van der Waals surface area contributed by atoms with E-state index >= 15 is 0 Å². The Bertz CT molecular complexity index is 1370. The Balaban J connectivity index is 1.66. The largest absolute Gasteiger partial charge is 0.491 e. The van der Waals surface area contributed by atoms with Crippen LogP contribution in [0.5, 0.6) is 17.4 Å². The molecule has 0 saturated carbocycles. The molecular formula is C25H24ClF3N2O7S. The lowest BCUT2D eigenvalue weighted by molar-refractivity contribution is -0.137. The molecule has 3 rings (SSSR count). The van der Waals surface area contributed by atoms with Crippen LogP contribution in [0.4, 0.5) is 18.0 Å². The summed E-state index contributed by atoms with van der Waals surface area (Å²) in [5, 5.41) is -0.346. The second-order valence-electron chi connectivity index (χ2n) is 7.88. The number of aromatic nitrogens is 1. The smallest absolute Gasteiger partial charge is 0.421 e. The van der Waals surface area contributed by atoms with Crippen molar-refractivity contribution in [3.8, 4) is 17.4 Å². The average Bonchev–Trinajstić information content (AvgIpc) is 2.88. The number of carbonyl (C=O) groups is 1. The highest BCUT2D eigenvalue weighted by Crippen LogP contribution is 2.36. The van der Waals surface area contributed by atoms with Crippen LogP contribution in [-0.4, -0.2) is 46.4 Å². The van der Waals surface area contributed by atoms with Gasteiger partial charge in [-0.1, -0.05) is 35.9 Å². The van der Waals surface area contributed by atoms with E-state index in [9.17, 15) is 26.4 Å². The zero-order chi connectivity index (χ0) is 28.5. The van der Waals surface area contributed by atoms with Gasteiger partial charge >= 0.3 is 12.3 Å². The SMILES string of the molecule is COCCOc1ccc(CCCOC(=O)NS(=O)(=O)c2ccccc2)c(Oc2ncc(C(F)(F)F)cc2Cl)c1. The number of carbonyl (C=O) groups excluding carboxylic acids is 1. The minimum absolute atomic E-state index is 0.0907. The number of benzene rings is 2. The Labute approximate surface area is 227 Å². The van der Waals surface area contributed by atoms with Crippen LogP contribution in [0.15, 0.2) is 65.7 Å². The summed E-state index contributed by atoms with van der Waals surface area (Å²) in [5.74, 6) is 0.354. The van der Waals surface area contributed by atoms with Crippen molar-refractivity contribution in [3.63, 3.8) is 0 Å². The fourth-order valence-corrected chi connectivity index (χ4v) is 4.27. The molecule has 1 amide bonds. The van der Waals surface area contributed by atoms with Gasteiger partial charge in [0, 0.05) is 19.4 Å². The third-order valence-corrected chi connectivity index (χ3v) is 6.63. The van der Waals surface area contributed by atoms with Crippen molar-refractivity contribution in [2.75, 3.05) is 26.9 Å². The van der Waals surface area contributed by atoms with Gasteiger partial charge in [0.05, 0.1) is 23.7 Å². The van der Waals surface area contributed by atoms with E-state index in [2.05, 4.69) is 4.98 Å². The third kappa shape index (κ3) is 9.01. The fraction of sp³-hybridized carbons (Fsp3) is 0.280. The minimum Gasteiger partial charge on any atom is -0.491 e. The summed E-state index contributed by atoms with van der Waals surface area (Å²) in [6, 6.07) is 12.9. The molecular weight excluding hydrogens is 565 g/mol. The molecule has 0 saturated heterocycles. The molecule has 1 aromatic heterocycles. The zero-order valence-electron chi connectivity index (χ0n) is 20.5. The summed E-state index contributed by atoms with van der Waals surface area (Å²) in [6.45, 7) is 0.425. The molecule has 1 N–H and O–H groups in total. The summed E-state index contributed by atoms with van der Waals surface area (Å²) in [6.07, 6.45) is -4.62. The maximum absolute atomic E-state index is 13.0. The van der Waals surface area contributed by atoms with E-state index in [0.29, 0.717) is 30.2 Å². The molecule has 0 unspecified atom stereocenters. The molecule has 2 aromatic carbocycles. The van der Waals surface area contributed by atoms with Crippen molar-refractivity contribution in [1.29, 1.82) is 0 Å². The number of rotatable bonds is 12. The van der Waals surface area contributed by atoms with Gasteiger partial charge in [-0.15, -0.1) is 0 Å². The number of halogens is 4. The van der Waals surface area contributed by atoms with Crippen LogP contribution < -0.4 is 14.2 Å². The second kappa shape index (κ2) is 13.5. The van der Waals surface area contributed by atoms with Gasteiger partial charge in [0.25, 0.3) is 10.0 Å². The molecule has 0 fully saturated rings. The monoisotopic (exact) mass is 588 g/mol. The Hall–Kier alpha value is -3.55. The Morgan fingerprint density at radius 3 is 2.46 bits per heavy atom. The van der Waals surface area contributed by atoms with Crippen LogP contribution in [0.25, 0.3) is 0 Å². The van der Waals surface area contributed by atoms with Crippen molar-refractivity contribution in [3.05, 3.63) is 76.9 Å². The van der Waals surface area contributed by atoms with Gasteiger partial charge in [-0.25, -0.2) is 22.9 Å². The van der Waals surface area contributed by atoms with E-state index in [1.807, 2.05) is 4.72 Å². The number of nitrogens with one attached hydrogen (secondary N) is 1. The van der Waals surface area contributed by atoms with Crippen molar-refractivity contribution in [1.82, 2.24) is 9.71 Å². The molecule has 0 aliphatic heterocycles. The molecule has 14 heteroatoms. The van der Waals surface area contributed by atoms with Crippen molar-refractivity contribution < 1.29 is 45.3 Å². The highest BCUT2D eigenvalue weighted by Gasteiger charge is 2.32. The van der Waals surface area contributed by atoms with E-state index in [1.54, 1.807) is 18.2 Å². The number of sulfonamides is 1. The lowest BCUT2D eigenvalue weighted by Crippen LogP contribution is -2.31. The van der Waals surface area contributed by atoms with Gasteiger partial charge in [0.2, 0.25) is 5.88 Å². The maximum Gasteiger partial charge on any atom is 0.421 e. The van der Waals surface area contributed by atoms with Crippen LogP contribution in [0.1, 0.15) is 17.5 Å². The van der Waals surface area contributed by atoms with Crippen LogP contribution in [-0.2, 0) is 32.1 Å². The number of nitrogens with zero attached hydrogens (tertiary/aromatic N) is 1. The van der Waals surface area contributed by atoms with Crippen molar-refractivity contribution in [2.24, 2.45) is 0 Å². The quantitative estimate of drug-likeness (QED) is 0.271. The molecule has 0 spiro atoms. The summed E-state index contributed by atoms with van der Waals surface area (Å²) in [4.78, 5) is 15.6. The molecule has 0 bridgehead atoms. The van der Waals surface area contributed by atoms with E-state index in [-0.39, 0.29) is 47.6 Å². The lowest BCUT2D eigenvalue weighted by atomic mass is 10.1.